The molecule has 1 heterocycles. The van der Waals surface area contributed by atoms with E-state index in [2.05, 4.69) is 5.16 Å². The van der Waals surface area contributed by atoms with Gasteiger partial charge in [-0.3, -0.25) is 14.4 Å². The molecule has 1 aliphatic heterocycles. The van der Waals surface area contributed by atoms with Crippen LogP contribution in [0.25, 0.3) is 0 Å². The maximum Gasteiger partial charge on any atom is 0.317 e. The number of halogens is 1. The molecule has 2 N–H and O–H groups in total. The molecule has 0 saturated carbocycles. The third-order valence-corrected chi connectivity index (χ3v) is 6.93. The smallest absolute Gasteiger partial charge is 0.317 e. The van der Waals surface area contributed by atoms with Gasteiger partial charge in [-0.2, -0.15) is 0 Å². The molecule has 8 nitrogen and oxygen atoms in total. The third-order valence-electron chi connectivity index (χ3n) is 6.73. The fourth-order valence-electron chi connectivity index (χ4n) is 5.01. The molecule has 7 atom stereocenters. The average Bonchev–Trinajstić information content (AvgIpc) is 3.08. The maximum atomic E-state index is 13.4. The molecule has 1 aliphatic rings. The van der Waals surface area contributed by atoms with Crippen LogP contribution in [0.3, 0.4) is 0 Å². The molecule has 0 aromatic heterocycles. The number of ketones is 2. The number of nitrogens with zero attached hydrogens (tertiary/aromatic N) is 1. The number of amidine groups is 1. The van der Waals surface area contributed by atoms with Gasteiger partial charge in [0.2, 0.25) is 23.0 Å². The van der Waals surface area contributed by atoms with Crippen LogP contribution in [0.5, 0.6) is 0 Å². The van der Waals surface area contributed by atoms with E-state index in [-0.39, 0.29) is 35.2 Å². The summed E-state index contributed by atoms with van der Waals surface area (Å²) in [6, 6.07) is 0. The van der Waals surface area contributed by atoms with Gasteiger partial charge in [0.1, 0.15) is 23.6 Å². The van der Waals surface area contributed by atoms with E-state index in [9.17, 15) is 14.4 Å². The molecule has 9 heteroatoms. The minimum absolute atomic E-state index is 0.00561. The molecule has 0 radical (unpaired) electrons. The number of hydrogen-bond acceptors (Lipinski definition) is 7. The lowest BCUT2D eigenvalue weighted by Gasteiger charge is -2.34. The lowest BCUT2D eigenvalue weighted by atomic mass is 9.73. The summed E-state index contributed by atoms with van der Waals surface area (Å²) in [5.41, 5.74) is 5.36. The number of carbonyl (C=O) groups is 3. The average molecular weight is 566 g/mol. The number of esters is 1. The Morgan fingerprint density at radius 1 is 1.16 bits per heavy atom. The second kappa shape index (κ2) is 12.3. The Balaban J connectivity index is 3.04. The summed E-state index contributed by atoms with van der Waals surface area (Å²) < 4.78 is 16.0. The van der Waals surface area contributed by atoms with Gasteiger partial charge in [-0.1, -0.05) is 46.7 Å². The number of ether oxygens (including phenoxy) is 2. The van der Waals surface area contributed by atoms with Gasteiger partial charge in [0, 0.05) is 36.7 Å². The quantitative estimate of drug-likeness (QED) is 0.117. The van der Waals surface area contributed by atoms with Gasteiger partial charge in [-0.05, 0) is 26.2 Å². The standard InChI is InChI=1S/C23H39IN2O6/c1-9-16-17(18(22(29)31-16)21(25)26-32-24)15(6)20(28)14(5)11-23(7,30-8)10-13(4)19(27)12(2)3/h12-18H,9-11H2,1-8H3,(H2,25,26)/t13?,14-,15-,16?,17?,18?,23+/m1/s1. The maximum absolute atomic E-state index is 13.4. The van der Waals surface area contributed by atoms with Gasteiger partial charge >= 0.3 is 5.97 Å². The lowest BCUT2D eigenvalue weighted by molar-refractivity contribution is -0.143. The van der Waals surface area contributed by atoms with Gasteiger partial charge in [-0.25, -0.2) is 0 Å². The van der Waals surface area contributed by atoms with Crippen LogP contribution in [0.1, 0.15) is 67.7 Å². The molecule has 0 spiro atoms. The summed E-state index contributed by atoms with van der Waals surface area (Å²) >= 11 is 1.57. The van der Waals surface area contributed by atoms with E-state index in [0.29, 0.717) is 19.3 Å². The first-order chi connectivity index (χ1) is 14.8. The molecule has 1 rings (SSSR count). The normalized spacial score (nSPS) is 26.2. The highest BCUT2D eigenvalue weighted by Gasteiger charge is 2.51. The zero-order valence-corrected chi connectivity index (χ0v) is 22.7. The third kappa shape index (κ3) is 6.88. The number of cyclic esters (lactones) is 1. The predicted molar refractivity (Wildman–Crippen MR) is 131 cm³/mol. The molecule has 0 amide bonds. The summed E-state index contributed by atoms with van der Waals surface area (Å²) in [5, 5.41) is 3.72. The highest BCUT2D eigenvalue weighted by atomic mass is 127. The molecule has 0 aromatic rings. The highest BCUT2D eigenvalue weighted by molar-refractivity contribution is 14.1. The first-order valence-electron chi connectivity index (χ1n) is 11.3. The Morgan fingerprint density at radius 2 is 1.69 bits per heavy atom. The summed E-state index contributed by atoms with van der Waals surface area (Å²) in [7, 11) is 1.61. The number of carbonyl (C=O) groups excluding carboxylic acids is 3. The fraction of sp³-hybridized carbons (Fsp3) is 0.826. The molecule has 0 bridgehead atoms. The van der Waals surface area contributed by atoms with E-state index in [1.807, 2.05) is 48.5 Å². The van der Waals surface area contributed by atoms with Crippen molar-refractivity contribution in [3.8, 4) is 0 Å². The van der Waals surface area contributed by atoms with Crippen LogP contribution in [-0.4, -0.2) is 42.2 Å². The molecule has 0 aliphatic carbocycles. The van der Waals surface area contributed by atoms with E-state index in [0.717, 1.165) is 0 Å². The van der Waals surface area contributed by atoms with Crippen molar-refractivity contribution in [2.75, 3.05) is 7.11 Å². The van der Waals surface area contributed by atoms with Gasteiger partial charge in [0.05, 0.1) is 5.60 Å². The molecule has 1 saturated heterocycles. The second-order valence-electron chi connectivity index (χ2n) is 9.64. The Kier molecular flexibility index (Phi) is 11.1. The van der Waals surface area contributed by atoms with Crippen LogP contribution in [-0.2, 0) is 27.0 Å². The number of nitrogens with two attached hydrogens (primary N) is 1. The van der Waals surface area contributed by atoms with E-state index >= 15 is 0 Å². The number of methoxy groups -OCH3 is 1. The molecular formula is C23H39IN2O6. The topological polar surface area (TPSA) is 117 Å². The highest BCUT2D eigenvalue weighted by Crippen LogP contribution is 2.39. The van der Waals surface area contributed by atoms with Crippen molar-refractivity contribution in [3.05, 3.63) is 0 Å². The summed E-state index contributed by atoms with van der Waals surface area (Å²) in [4.78, 5) is 38.3. The van der Waals surface area contributed by atoms with Crippen molar-refractivity contribution in [2.45, 2.75) is 79.4 Å². The van der Waals surface area contributed by atoms with Crippen molar-refractivity contribution in [2.24, 2.45) is 46.4 Å². The zero-order chi connectivity index (χ0) is 24.8. The van der Waals surface area contributed by atoms with Crippen LogP contribution < -0.4 is 5.73 Å². The molecule has 1 fully saturated rings. The van der Waals surface area contributed by atoms with Crippen molar-refractivity contribution >= 4 is 46.4 Å². The Hall–Kier alpha value is -1.23. The second-order valence-corrected chi connectivity index (χ2v) is 10.0. The monoisotopic (exact) mass is 566 g/mol. The van der Waals surface area contributed by atoms with Gasteiger partial charge < -0.3 is 18.4 Å². The van der Waals surface area contributed by atoms with Crippen LogP contribution in [0, 0.1) is 35.5 Å². The molecular weight excluding hydrogens is 527 g/mol. The Morgan fingerprint density at radius 3 is 2.12 bits per heavy atom. The van der Waals surface area contributed by atoms with Crippen LogP contribution in [0.4, 0.5) is 0 Å². The number of rotatable bonds is 13. The van der Waals surface area contributed by atoms with E-state index in [1.165, 1.54) is 0 Å². The molecule has 184 valence electrons. The SMILES string of the molecule is CCC1OC(=O)C(/C(N)=N/OI)C1[C@@H](C)C(=O)[C@H](C)C[C@](C)(CC(C)C(=O)C(C)C)OC. The summed E-state index contributed by atoms with van der Waals surface area (Å²) in [6.07, 6.45) is 1.15. The van der Waals surface area contributed by atoms with Crippen molar-refractivity contribution in [3.63, 3.8) is 0 Å². The van der Waals surface area contributed by atoms with Crippen LogP contribution in [0.2, 0.25) is 0 Å². The minimum Gasteiger partial charge on any atom is -0.461 e. The molecule has 32 heavy (non-hydrogen) atoms. The van der Waals surface area contributed by atoms with Crippen LogP contribution in [0.15, 0.2) is 5.16 Å². The van der Waals surface area contributed by atoms with E-state index in [4.69, 9.17) is 18.4 Å². The largest absolute Gasteiger partial charge is 0.461 e. The number of hydrogen-bond donors (Lipinski definition) is 1. The Labute approximate surface area is 206 Å². The summed E-state index contributed by atoms with van der Waals surface area (Å²) in [5.74, 6) is -2.56. The summed E-state index contributed by atoms with van der Waals surface area (Å²) in [6.45, 7) is 13.2. The van der Waals surface area contributed by atoms with Crippen molar-refractivity contribution in [1.82, 2.24) is 0 Å². The fourth-order valence-corrected chi connectivity index (χ4v) is 5.24. The van der Waals surface area contributed by atoms with Gasteiger partial charge in [-0.15, -0.1) is 0 Å². The minimum atomic E-state index is -0.821. The van der Waals surface area contributed by atoms with Gasteiger partial charge in [0.25, 0.3) is 0 Å². The Bertz CT molecular complexity index is 713. The van der Waals surface area contributed by atoms with Crippen molar-refractivity contribution in [1.29, 1.82) is 0 Å². The predicted octanol–water partition coefficient (Wildman–Crippen LogP) is 4.08. The van der Waals surface area contributed by atoms with Gasteiger partial charge in [0.15, 0.2) is 5.84 Å². The number of Topliss-reactive ketones (excluding diaryl/α,β-unsaturated/α-hetero) is 2. The zero-order valence-electron chi connectivity index (χ0n) is 20.5. The first-order valence-corrected chi connectivity index (χ1v) is 12.2. The lowest BCUT2D eigenvalue weighted by Crippen LogP contribution is -2.42. The van der Waals surface area contributed by atoms with Crippen molar-refractivity contribution < 1.29 is 27.0 Å². The molecule has 4 unspecified atom stereocenters. The van der Waals surface area contributed by atoms with E-state index in [1.54, 1.807) is 30.1 Å². The first kappa shape index (κ1) is 28.8. The van der Waals surface area contributed by atoms with E-state index < -0.39 is 35.4 Å². The van der Waals surface area contributed by atoms with Crippen LogP contribution >= 0.6 is 23.0 Å². The molecule has 0 aromatic carbocycles. The number of oxime groups is 1.